The minimum atomic E-state index is -1.09. The first-order valence-corrected chi connectivity index (χ1v) is 7.99. The molecule has 0 aromatic heterocycles. The van der Waals surface area contributed by atoms with Crippen molar-refractivity contribution in [3.63, 3.8) is 0 Å². The van der Waals surface area contributed by atoms with Gasteiger partial charge in [0.2, 0.25) is 5.91 Å². The third-order valence-corrected chi connectivity index (χ3v) is 4.43. The molecule has 22 heavy (non-hydrogen) atoms. The molecule has 0 bridgehead atoms. The van der Waals surface area contributed by atoms with Crippen molar-refractivity contribution in [3.8, 4) is 0 Å². The fraction of sp³-hybridized carbons (Fsp3) is 0.875. The number of aliphatic carboxylic acids is 1. The average Bonchev–Trinajstić information content (AvgIpc) is 2.45. The molecule has 1 amide bonds. The molecule has 128 valence electrons. The van der Waals surface area contributed by atoms with Crippen LogP contribution in [0.3, 0.4) is 0 Å². The summed E-state index contributed by atoms with van der Waals surface area (Å²) in [6.45, 7) is 6.50. The van der Waals surface area contributed by atoms with Crippen LogP contribution in [0.4, 0.5) is 0 Å². The Morgan fingerprint density at radius 2 is 2.00 bits per heavy atom. The van der Waals surface area contributed by atoms with Crippen LogP contribution in [-0.4, -0.2) is 49.5 Å². The lowest BCUT2D eigenvalue weighted by molar-refractivity contribution is -0.148. The molecule has 1 aliphatic carbocycles. The Morgan fingerprint density at radius 3 is 2.55 bits per heavy atom. The second kappa shape index (κ2) is 9.10. The molecule has 0 saturated heterocycles. The Hall–Kier alpha value is -1.14. The quantitative estimate of drug-likeness (QED) is 0.712. The minimum absolute atomic E-state index is 0.0311. The van der Waals surface area contributed by atoms with Crippen LogP contribution in [0.5, 0.6) is 0 Å². The van der Waals surface area contributed by atoms with E-state index in [9.17, 15) is 9.59 Å². The number of rotatable bonds is 8. The molecule has 1 aliphatic rings. The maximum absolute atomic E-state index is 11.8. The predicted molar refractivity (Wildman–Crippen MR) is 82.5 cm³/mol. The molecule has 4 unspecified atom stereocenters. The van der Waals surface area contributed by atoms with E-state index in [1.54, 1.807) is 0 Å². The number of ether oxygens (including phenoxy) is 2. The Kier molecular flexibility index (Phi) is 7.82. The van der Waals surface area contributed by atoms with E-state index >= 15 is 0 Å². The van der Waals surface area contributed by atoms with Crippen LogP contribution in [0, 0.1) is 17.8 Å². The normalized spacial score (nSPS) is 26.7. The van der Waals surface area contributed by atoms with E-state index in [2.05, 4.69) is 26.1 Å². The summed E-state index contributed by atoms with van der Waals surface area (Å²) < 4.78 is 10.6. The maximum Gasteiger partial charge on any atom is 0.334 e. The molecule has 6 nitrogen and oxygen atoms in total. The third kappa shape index (κ3) is 5.93. The topological polar surface area (TPSA) is 84.9 Å². The standard InChI is InChI=1S/C16H29NO5/c1-10(2)12-6-5-11(3)7-13(12)22-9-15(18)17-8-14(21-4)16(19)20/h10-14H,5-9H2,1-4H3,(H,17,18)(H,19,20). The van der Waals surface area contributed by atoms with E-state index in [4.69, 9.17) is 14.6 Å². The highest BCUT2D eigenvalue weighted by molar-refractivity contribution is 5.79. The molecule has 2 N–H and O–H groups in total. The number of carbonyl (C=O) groups is 2. The van der Waals surface area contributed by atoms with Crippen molar-refractivity contribution >= 4 is 11.9 Å². The van der Waals surface area contributed by atoms with Gasteiger partial charge in [-0.3, -0.25) is 4.79 Å². The van der Waals surface area contributed by atoms with Gasteiger partial charge < -0.3 is 19.9 Å². The van der Waals surface area contributed by atoms with Gasteiger partial charge in [0.05, 0.1) is 12.6 Å². The second-order valence-corrected chi connectivity index (χ2v) is 6.54. The van der Waals surface area contributed by atoms with Crippen LogP contribution in [0.1, 0.15) is 40.0 Å². The zero-order valence-electron chi connectivity index (χ0n) is 14.0. The van der Waals surface area contributed by atoms with Crippen molar-refractivity contribution in [1.29, 1.82) is 0 Å². The molecular weight excluding hydrogens is 286 g/mol. The second-order valence-electron chi connectivity index (χ2n) is 6.54. The number of carboxylic acid groups (broad SMARTS) is 1. The Morgan fingerprint density at radius 1 is 1.32 bits per heavy atom. The number of hydrogen-bond donors (Lipinski definition) is 2. The van der Waals surface area contributed by atoms with E-state index in [0.29, 0.717) is 17.8 Å². The van der Waals surface area contributed by atoms with E-state index in [-0.39, 0.29) is 25.2 Å². The lowest BCUT2D eigenvalue weighted by atomic mass is 9.75. The summed E-state index contributed by atoms with van der Waals surface area (Å²) in [6.07, 6.45) is 2.40. The Labute approximate surface area is 132 Å². The molecule has 0 aliphatic heterocycles. The average molecular weight is 315 g/mol. The largest absolute Gasteiger partial charge is 0.479 e. The third-order valence-electron chi connectivity index (χ3n) is 4.43. The summed E-state index contributed by atoms with van der Waals surface area (Å²) in [5, 5.41) is 11.4. The van der Waals surface area contributed by atoms with Gasteiger partial charge >= 0.3 is 5.97 Å². The number of carbonyl (C=O) groups excluding carboxylic acids is 1. The predicted octanol–water partition coefficient (Wildman–Crippen LogP) is 1.68. The molecule has 6 heteroatoms. The van der Waals surface area contributed by atoms with Gasteiger partial charge in [-0.05, 0) is 30.6 Å². The molecule has 0 aromatic rings. The van der Waals surface area contributed by atoms with Crippen LogP contribution < -0.4 is 5.32 Å². The highest BCUT2D eigenvalue weighted by atomic mass is 16.5. The van der Waals surface area contributed by atoms with Crippen LogP contribution in [0.25, 0.3) is 0 Å². The molecule has 0 aromatic carbocycles. The first-order chi connectivity index (χ1) is 10.3. The van der Waals surface area contributed by atoms with Crippen molar-refractivity contribution in [2.75, 3.05) is 20.3 Å². The van der Waals surface area contributed by atoms with E-state index in [1.165, 1.54) is 13.5 Å². The SMILES string of the molecule is COC(CNC(=O)COC1CC(C)CCC1C(C)C)C(=O)O. The zero-order valence-corrected chi connectivity index (χ0v) is 14.0. The molecule has 1 saturated carbocycles. The number of carboxylic acids is 1. The first kappa shape index (κ1) is 18.9. The number of nitrogens with one attached hydrogen (secondary N) is 1. The Bertz CT molecular complexity index is 372. The molecule has 1 rings (SSSR count). The zero-order chi connectivity index (χ0) is 16.7. The summed E-state index contributed by atoms with van der Waals surface area (Å²) >= 11 is 0. The lowest BCUT2D eigenvalue weighted by Crippen LogP contribution is -2.41. The van der Waals surface area contributed by atoms with Crippen molar-refractivity contribution in [3.05, 3.63) is 0 Å². The summed E-state index contributed by atoms with van der Waals surface area (Å²) in [5.41, 5.74) is 0. The van der Waals surface area contributed by atoms with Crippen LogP contribution in [0.15, 0.2) is 0 Å². The van der Waals surface area contributed by atoms with Gasteiger partial charge in [-0.25, -0.2) is 4.79 Å². The summed E-state index contributed by atoms with van der Waals surface area (Å²) in [7, 11) is 1.30. The molecule has 4 atom stereocenters. The molecule has 0 radical (unpaired) electrons. The highest BCUT2D eigenvalue weighted by Gasteiger charge is 2.31. The molecule has 0 heterocycles. The van der Waals surface area contributed by atoms with E-state index in [0.717, 1.165) is 12.8 Å². The van der Waals surface area contributed by atoms with Crippen LogP contribution >= 0.6 is 0 Å². The summed E-state index contributed by atoms with van der Waals surface area (Å²) in [5.74, 6) is 0.238. The highest BCUT2D eigenvalue weighted by Crippen LogP contribution is 2.35. The van der Waals surface area contributed by atoms with Crippen molar-refractivity contribution in [2.45, 2.75) is 52.2 Å². The monoisotopic (exact) mass is 315 g/mol. The Balaban J connectivity index is 2.39. The van der Waals surface area contributed by atoms with Gasteiger partial charge in [0, 0.05) is 7.11 Å². The summed E-state index contributed by atoms with van der Waals surface area (Å²) in [6, 6.07) is 0. The molecule has 1 fully saturated rings. The van der Waals surface area contributed by atoms with Gasteiger partial charge in [-0.2, -0.15) is 0 Å². The lowest BCUT2D eigenvalue weighted by Gasteiger charge is -2.37. The summed E-state index contributed by atoms with van der Waals surface area (Å²) in [4.78, 5) is 22.6. The fourth-order valence-corrected chi connectivity index (χ4v) is 3.02. The number of amides is 1. The van der Waals surface area contributed by atoms with Crippen molar-refractivity contribution in [1.82, 2.24) is 5.32 Å². The van der Waals surface area contributed by atoms with Crippen LogP contribution in [0.2, 0.25) is 0 Å². The molecular formula is C16H29NO5. The van der Waals surface area contributed by atoms with Gasteiger partial charge in [0.1, 0.15) is 6.61 Å². The van der Waals surface area contributed by atoms with Crippen LogP contribution in [-0.2, 0) is 19.1 Å². The maximum atomic E-state index is 11.8. The number of hydrogen-bond acceptors (Lipinski definition) is 4. The number of methoxy groups -OCH3 is 1. The van der Waals surface area contributed by atoms with E-state index in [1.807, 2.05) is 0 Å². The first-order valence-electron chi connectivity index (χ1n) is 7.99. The van der Waals surface area contributed by atoms with Crippen molar-refractivity contribution < 1.29 is 24.2 Å². The van der Waals surface area contributed by atoms with Gasteiger partial charge in [-0.1, -0.05) is 27.2 Å². The molecule has 0 spiro atoms. The van der Waals surface area contributed by atoms with Gasteiger partial charge in [0.25, 0.3) is 0 Å². The van der Waals surface area contributed by atoms with Gasteiger partial charge in [0.15, 0.2) is 6.10 Å². The van der Waals surface area contributed by atoms with Crippen molar-refractivity contribution in [2.24, 2.45) is 17.8 Å². The fourth-order valence-electron chi connectivity index (χ4n) is 3.02. The van der Waals surface area contributed by atoms with Gasteiger partial charge in [-0.15, -0.1) is 0 Å². The smallest absolute Gasteiger partial charge is 0.334 e. The van der Waals surface area contributed by atoms with E-state index < -0.39 is 12.1 Å². The minimum Gasteiger partial charge on any atom is -0.479 e.